The summed E-state index contributed by atoms with van der Waals surface area (Å²) in [5, 5.41) is 10.1. The first-order valence-electron chi connectivity index (χ1n) is 10.1. The lowest BCUT2D eigenvalue weighted by Crippen LogP contribution is -2.12. The van der Waals surface area contributed by atoms with Crippen molar-refractivity contribution in [2.75, 3.05) is 0 Å². The van der Waals surface area contributed by atoms with Crippen LogP contribution in [0.25, 0.3) is 22.6 Å². The lowest BCUT2D eigenvalue weighted by Gasteiger charge is -2.12. The summed E-state index contributed by atoms with van der Waals surface area (Å²) in [6.07, 6.45) is 0. The van der Waals surface area contributed by atoms with Crippen molar-refractivity contribution in [2.24, 2.45) is 0 Å². The molecule has 31 heavy (non-hydrogen) atoms. The highest BCUT2D eigenvalue weighted by atomic mass is 16.4. The Labute approximate surface area is 180 Å². The van der Waals surface area contributed by atoms with Gasteiger partial charge in [-0.3, -0.25) is 4.79 Å². The monoisotopic (exact) mass is 410 g/mol. The molecule has 0 saturated carbocycles. The van der Waals surface area contributed by atoms with Crippen LogP contribution >= 0.6 is 0 Å². The molecule has 0 atom stereocenters. The van der Waals surface area contributed by atoms with Gasteiger partial charge in [-0.1, -0.05) is 98.8 Å². The van der Waals surface area contributed by atoms with Gasteiger partial charge in [-0.25, -0.2) is 4.79 Å². The average molecular weight is 410 g/mol. The Balaban J connectivity index is 2.04. The van der Waals surface area contributed by atoms with Gasteiger partial charge < -0.3 is 9.52 Å². The van der Waals surface area contributed by atoms with Crippen LogP contribution < -0.4 is 0 Å². The predicted molar refractivity (Wildman–Crippen MR) is 121 cm³/mol. The quantitative estimate of drug-likeness (QED) is 0.361. The molecule has 3 aromatic carbocycles. The average Bonchev–Trinajstić information content (AvgIpc) is 3.21. The fourth-order valence-electron chi connectivity index (χ4n) is 3.78. The van der Waals surface area contributed by atoms with Gasteiger partial charge in [0, 0.05) is 16.7 Å². The Hall–Kier alpha value is -3.92. The van der Waals surface area contributed by atoms with Crippen molar-refractivity contribution in [1.82, 2.24) is 0 Å². The number of carbonyl (C=O) groups excluding carboxylic acids is 1. The number of aromatic carboxylic acids is 1. The molecule has 1 N–H and O–H groups in total. The largest absolute Gasteiger partial charge is 0.478 e. The molecule has 4 heteroatoms. The zero-order valence-corrected chi connectivity index (χ0v) is 17.3. The maximum Gasteiger partial charge on any atom is 0.340 e. The van der Waals surface area contributed by atoms with Crippen molar-refractivity contribution in [3.05, 3.63) is 107 Å². The number of ketones is 1. The summed E-state index contributed by atoms with van der Waals surface area (Å²) in [5.41, 5.74) is 2.56. The van der Waals surface area contributed by atoms with Crippen LogP contribution in [0, 0.1) is 0 Å². The fourth-order valence-corrected chi connectivity index (χ4v) is 3.78. The number of carboxylic acids is 1. The molecule has 0 aliphatic rings. The molecule has 4 aromatic rings. The number of furan rings is 1. The van der Waals surface area contributed by atoms with Crippen LogP contribution in [0.1, 0.15) is 51.6 Å². The van der Waals surface area contributed by atoms with Crippen LogP contribution in [0.5, 0.6) is 0 Å². The summed E-state index contributed by atoms with van der Waals surface area (Å²) in [7, 11) is 0. The second-order valence-corrected chi connectivity index (χ2v) is 7.62. The van der Waals surface area contributed by atoms with Crippen molar-refractivity contribution in [2.45, 2.75) is 19.8 Å². The van der Waals surface area contributed by atoms with E-state index in [1.54, 1.807) is 36.4 Å². The summed E-state index contributed by atoms with van der Waals surface area (Å²) in [4.78, 5) is 26.2. The van der Waals surface area contributed by atoms with Crippen LogP contribution in [0.3, 0.4) is 0 Å². The number of hydrogen-bond acceptors (Lipinski definition) is 3. The van der Waals surface area contributed by atoms with Gasteiger partial charge >= 0.3 is 5.97 Å². The number of carboxylic acid groups (broad SMARTS) is 1. The smallest absolute Gasteiger partial charge is 0.340 e. The third kappa shape index (κ3) is 3.80. The molecule has 1 heterocycles. The normalized spacial score (nSPS) is 10.9. The van der Waals surface area contributed by atoms with Crippen molar-refractivity contribution >= 4 is 11.8 Å². The van der Waals surface area contributed by atoms with E-state index in [1.165, 1.54) is 0 Å². The highest BCUT2D eigenvalue weighted by Crippen LogP contribution is 2.39. The Bertz CT molecular complexity index is 1230. The van der Waals surface area contributed by atoms with E-state index in [0.717, 1.165) is 5.56 Å². The Morgan fingerprint density at radius 3 is 1.71 bits per heavy atom. The molecule has 0 bridgehead atoms. The molecule has 0 amide bonds. The van der Waals surface area contributed by atoms with Gasteiger partial charge in [0.15, 0.2) is 5.78 Å². The van der Waals surface area contributed by atoms with Crippen LogP contribution in [0.2, 0.25) is 0 Å². The van der Waals surface area contributed by atoms with E-state index in [9.17, 15) is 14.7 Å². The summed E-state index contributed by atoms with van der Waals surface area (Å²) >= 11 is 0. The maximum atomic E-state index is 13.8. The second kappa shape index (κ2) is 8.44. The van der Waals surface area contributed by atoms with Gasteiger partial charge in [0.05, 0.1) is 5.56 Å². The molecular weight excluding hydrogens is 388 g/mol. The Morgan fingerprint density at radius 2 is 1.19 bits per heavy atom. The molecule has 0 spiro atoms. The van der Waals surface area contributed by atoms with Gasteiger partial charge in [0.1, 0.15) is 17.1 Å². The predicted octanol–water partition coefficient (Wildman–Crippen LogP) is 6.67. The van der Waals surface area contributed by atoms with Gasteiger partial charge in [0.25, 0.3) is 0 Å². The minimum Gasteiger partial charge on any atom is -0.478 e. The SMILES string of the molecule is CC(C)c1ccccc1C(=O)c1c(-c2ccccc2)oc(-c2ccccc2)c1C(=O)O. The van der Waals surface area contributed by atoms with E-state index in [4.69, 9.17) is 4.42 Å². The van der Waals surface area contributed by atoms with Crippen LogP contribution in [-0.4, -0.2) is 16.9 Å². The van der Waals surface area contributed by atoms with Gasteiger partial charge in [-0.15, -0.1) is 0 Å². The van der Waals surface area contributed by atoms with E-state index in [-0.39, 0.29) is 34.3 Å². The molecule has 0 unspecified atom stereocenters. The molecule has 154 valence electrons. The fraction of sp³-hybridized carbons (Fsp3) is 0.111. The van der Waals surface area contributed by atoms with Crippen LogP contribution in [0.4, 0.5) is 0 Å². The summed E-state index contributed by atoms with van der Waals surface area (Å²) in [6.45, 7) is 4.01. The lowest BCUT2D eigenvalue weighted by molar-refractivity contribution is 0.0693. The summed E-state index contributed by atoms with van der Waals surface area (Å²) in [6, 6.07) is 25.5. The van der Waals surface area contributed by atoms with E-state index in [0.29, 0.717) is 16.7 Å². The minimum absolute atomic E-state index is 0.0747. The first-order valence-corrected chi connectivity index (χ1v) is 10.1. The first-order chi connectivity index (χ1) is 15.0. The first kappa shape index (κ1) is 20.4. The number of rotatable bonds is 6. The lowest BCUT2D eigenvalue weighted by atomic mass is 9.89. The van der Waals surface area contributed by atoms with E-state index < -0.39 is 5.97 Å². The number of carbonyl (C=O) groups is 2. The molecule has 0 aliphatic heterocycles. The Kier molecular flexibility index (Phi) is 5.54. The van der Waals surface area contributed by atoms with Crippen molar-refractivity contribution in [1.29, 1.82) is 0 Å². The van der Waals surface area contributed by atoms with Crippen LogP contribution in [0.15, 0.2) is 89.3 Å². The highest BCUT2D eigenvalue weighted by molar-refractivity contribution is 6.19. The van der Waals surface area contributed by atoms with Crippen LogP contribution in [-0.2, 0) is 0 Å². The number of hydrogen-bond donors (Lipinski definition) is 1. The molecule has 4 rings (SSSR count). The molecule has 0 fully saturated rings. The summed E-state index contributed by atoms with van der Waals surface area (Å²) < 4.78 is 6.12. The Morgan fingerprint density at radius 1 is 0.710 bits per heavy atom. The molecule has 0 aliphatic carbocycles. The third-order valence-electron chi connectivity index (χ3n) is 5.25. The van der Waals surface area contributed by atoms with Gasteiger partial charge in [-0.05, 0) is 11.5 Å². The zero-order valence-electron chi connectivity index (χ0n) is 17.3. The molecular formula is C27H22O4. The second-order valence-electron chi connectivity index (χ2n) is 7.62. The third-order valence-corrected chi connectivity index (χ3v) is 5.25. The zero-order chi connectivity index (χ0) is 22.0. The molecule has 1 aromatic heterocycles. The van der Waals surface area contributed by atoms with E-state index in [2.05, 4.69) is 0 Å². The van der Waals surface area contributed by atoms with Gasteiger partial charge in [0.2, 0.25) is 0 Å². The van der Waals surface area contributed by atoms with E-state index >= 15 is 0 Å². The van der Waals surface area contributed by atoms with Crippen molar-refractivity contribution in [3.63, 3.8) is 0 Å². The van der Waals surface area contributed by atoms with E-state index in [1.807, 2.05) is 62.4 Å². The topological polar surface area (TPSA) is 67.5 Å². The minimum atomic E-state index is -1.20. The summed E-state index contributed by atoms with van der Waals surface area (Å²) in [5.74, 6) is -1.01. The molecule has 0 radical (unpaired) electrons. The highest BCUT2D eigenvalue weighted by Gasteiger charge is 2.32. The van der Waals surface area contributed by atoms with Gasteiger partial charge in [-0.2, -0.15) is 0 Å². The number of benzene rings is 3. The van der Waals surface area contributed by atoms with Crippen molar-refractivity contribution in [3.8, 4) is 22.6 Å². The molecule has 0 saturated heterocycles. The molecule has 4 nitrogen and oxygen atoms in total. The maximum absolute atomic E-state index is 13.8. The van der Waals surface area contributed by atoms with Crippen molar-refractivity contribution < 1.29 is 19.1 Å². The standard InChI is InChI=1S/C27H22O4/c1-17(2)20-15-9-10-16-21(20)24(28)22-23(27(29)30)26(19-13-7-4-8-14-19)31-25(22)18-11-5-3-6-12-18/h3-17H,1-2H3,(H,29,30).